The molecule has 22 heavy (non-hydrogen) atoms. The predicted octanol–water partition coefficient (Wildman–Crippen LogP) is 1.83. The fraction of sp³-hybridized carbons (Fsp3) is 0.133. The SMILES string of the molecule is O=C(CCc1cccnc1)NNC(=O)c1cc(Cl)ccc1O. The highest BCUT2D eigenvalue weighted by atomic mass is 35.5. The van der Waals surface area contributed by atoms with Crippen LogP contribution in [0.3, 0.4) is 0 Å². The van der Waals surface area contributed by atoms with Gasteiger partial charge in [-0.1, -0.05) is 17.7 Å². The maximum atomic E-state index is 11.8. The van der Waals surface area contributed by atoms with Crippen molar-refractivity contribution in [1.82, 2.24) is 15.8 Å². The number of aryl methyl sites for hydroxylation is 1. The second kappa shape index (κ2) is 7.42. The van der Waals surface area contributed by atoms with Crippen LogP contribution in [0.25, 0.3) is 0 Å². The summed E-state index contributed by atoms with van der Waals surface area (Å²) in [6, 6.07) is 7.73. The number of hydrogen-bond donors (Lipinski definition) is 3. The largest absolute Gasteiger partial charge is 0.507 e. The summed E-state index contributed by atoms with van der Waals surface area (Å²) in [5.41, 5.74) is 5.43. The Bertz CT molecular complexity index is 677. The molecule has 0 bridgehead atoms. The van der Waals surface area contributed by atoms with E-state index < -0.39 is 5.91 Å². The van der Waals surface area contributed by atoms with Crippen LogP contribution in [-0.4, -0.2) is 21.9 Å². The van der Waals surface area contributed by atoms with Crippen LogP contribution in [0.2, 0.25) is 5.02 Å². The molecule has 0 radical (unpaired) electrons. The zero-order valence-electron chi connectivity index (χ0n) is 11.5. The third kappa shape index (κ3) is 4.46. The number of rotatable bonds is 4. The quantitative estimate of drug-likeness (QED) is 0.750. The van der Waals surface area contributed by atoms with Gasteiger partial charge < -0.3 is 5.11 Å². The highest BCUT2D eigenvalue weighted by Crippen LogP contribution is 2.20. The molecule has 0 atom stereocenters. The first kappa shape index (κ1) is 15.8. The number of phenols is 1. The van der Waals surface area contributed by atoms with Gasteiger partial charge in [-0.15, -0.1) is 0 Å². The van der Waals surface area contributed by atoms with Gasteiger partial charge in [0.05, 0.1) is 5.56 Å². The molecule has 0 saturated heterocycles. The molecular formula is C15H14ClN3O3. The van der Waals surface area contributed by atoms with Crippen LogP contribution in [0, 0.1) is 0 Å². The molecule has 1 heterocycles. The Morgan fingerprint density at radius 2 is 2.05 bits per heavy atom. The average Bonchev–Trinajstić information content (AvgIpc) is 2.54. The van der Waals surface area contributed by atoms with Crippen molar-refractivity contribution in [3.63, 3.8) is 0 Å². The molecule has 0 saturated carbocycles. The normalized spacial score (nSPS) is 10.0. The Kier molecular flexibility index (Phi) is 5.32. The maximum absolute atomic E-state index is 11.8. The first-order valence-corrected chi connectivity index (χ1v) is 6.90. The van der Waals surface area contributed by atoms with E-state index in [1.807, 2.05) is 6.07 Å². The van der Waals surface area contributed by atoms with Crippen molar-refractivity contribution in [1.29, 1.82) is 0 Å². The van der Waals surface area contributed by atoms with Crippen molar-refractivity contribution >= 4 is 23.4 Å². The number of aromatic hydroxyl groups is 1. The van der Waals surface area contributed by atoms with Crippen molar-refractivity contribution in [2.24, 2.45) is 0 Å². The Labute approximate surface area is 132 Å². The number of benzene rings is 1. The lowest BCUT2D eigenvalue weighted by atomic mass is 10.1. The van der Waals surface area contributed by atoms with Crippen molar-refractivity contribution in [3.05, 3.63) is 58.9 Å². The van der Waals surface area contributed by atoms with Crippen LogP contribution < -0.4 is 10.9 Å². The number of hydrogen-bond acceptors (Lipinski definition) is 4. The van der Waals surface area contributed by atoms with Gasteiger partial charge in [0.1, 0.15) is 5.75 Å². The van der Waals surface area contributed by atoms with Crippen LogP contribution in [0.5, 0.6) is 5.75 Å². The van der Waals surface area contributed by atoms with Crippen LogP contribution >= 0.6 is 11.6 Å². The molecule has 1 aromatic heterocycles. The van der Waals surface area contributed by atoms with Crippen molar-refractivity contribution in [2.75, 3.05) is 0 Å². The monoisotopic (exact) mass is 319 g/mol. The van der Waals surface area contributed by atoms with Gasteiger partial charge in [0.2, 0.25) is 5.91 Å². The van der Waals surface area contributed by atoms with Crippen molar-refractivity contribution in [3.8, 4) is 5.75 Å². The predicted molar refractivity (Wildman–Crippen MR) is 81.3 cm³/mol. The molecule has 0 aliphatic heterocycles. The summed E-state index contributed by atoms with van der Waals surface area (Å²) in [6.45, 7) is 0. The van der Waals surface area contributed by atoms with Gasteiger partial charge in [-0.25, -0.2) is 0 Å². The van der Waals surface area contributed by atoms with Gasteiger partial charge in [-0.2, -0.15) is 0 Å². The zero-order chi connectivity index (χ0) is 15.9. The molecule has 0 aliphatic carbocycles. The second-order valence-corrected chi connectivity index (χ2v) is 4.96. The average molecular weight is 320 g/mol. The summed E-state index contributed by atoms with van der Waals surface area (Å²) < 4.78 is 0. The summed E-state index contributed by atoms with van der Waals surface area (Å²) in [5.74, 6) is -1.21. The van der Waals surface area contributed by atoms with Crippen LogP contribution in [0.1, 0.15) is 22.3 Å². The topological polar surface area (TPSA) is 91.3 Å². The van der Waals surface area contributed by atoms with Gasteiger partial charge in [-0.3, -0.25) is 25.4 Å². The van der Waals surface area contributed by atoms with E-state index in [-0.39, 0.29) is 23.6 Å². The second-order valence-electron chi connectivity index (χ2n) is 4.53. The molecule has 3 N–H and O–H groups in total. The molecule has 0 aliphatic rings. The van der Waals surface area contributed by atoms with E-state index in [4.69, 9.17) is 11.6 Å². The summed E-state index contributed by atoms with van der Waals surface area (Å²) in [4.78, 5) is 27.5. The zero-order valence-corrected chi connectivity index (χ0v) is 12.3. The summed E-state index contributed by atoms with van der Waals surface area (Å²) in [5, 5.41) is 9.89. The van der Waals surface area contributed by atoms with Crippen LogP contribution in [0.4, 0.5) is 0 Å². The van der Waals surface area contributed by atoms with Crippen LogP contribution in [0.15, 0.2) is 42.7 Å². The molecule has 7 heteroatoms. The van der Waals surface area contributed by atoms with E-state index in [0.29, 0.717) is 11.4 Å². The minimum absolute atomic E-state index is 0.0138. The summed E-state index contributed by atoms with van der Waals surface area (Å²) in [6.07, 6.45) is 4.04. The lowest BCUT2D eigenvalue weighted by Crippen LogP contribution is -2.41. The Hall–Kier alpha value is -2.60. The molecular weight excluding hydrogens is 306 g/mol. The lowest BCUT2D eigenvalue weighted by Gasteiger charge is -2.08. The minimum Gasteiger partial charge on any atom is -0.507 e. The standard InChI is InChI=1S/C15H14ClN3O3/c16-11-4-5-13(20)12(8-11)15(22)19-18-14(21)6-3-10-2-1-7-17-9-10/h1-2,4-5,7-9,20H,3,6H2,(H,18,21)(H,19,22). The van der Waals surface area contributed by atoms with Gasteiger partial charge in [0.15, 0.2) is 0 Å². The number of nitrogens with one attached hydrogen (secondary N) is 2. The number of phenolic OH excluding ortho intramolecular Hbond substituents is 1. The highest BCUT2D eigenvalue weighted by molar-refractivity contribution is 6.31. The van der Waals surface area contributed by atoms with Crippen LogP contribution in [-0.2, 0) is 11.2 Å². The molecule has 0 fully saturated rings. The number of aromatic nitrogens is 1. The number of hydrazine groups is 1. The molecule has 1 aromatic carbocycles. The van der Waals surface area contributed by atoms with Gasteiger partial charge in [0.25, 0.3) is 5.91 Å². The van der Waals surface area contributed by atoms with E-state index in [1.54, 1.807) is 18.5 Å². The van der Waals surface area contributed by atoms with E-state index in [0.717, 1.165) is 5.56 Å². The summed E-state index contributed by atoms with van der Waals surface area (Å²) in [7, 11) is 0. The molecule has 6 nitrogen and oxygen atoms in total. The lowest BCUT2D eigenvalue weighted by molar-refractivity contribution is -0.121. The van der Waals surface area contributed by atoms with E-state index >= 15 is 0 Å². The third-order valence-electron chi connectivity index (χ3n) is 2.88. The number of pyridine rings is 1. The fourth-order valence-corrected chi connectivity index (χ4v) is 1.92. The first-order valence-electron chi connectivity index (χ1n) is 6.53. The van der Waals surface area contributed by atoms with Crippen molar-refractivity contribution in [2.45, 2.75) is 12.8 Å². The number of nitrogens with zero attached hydrogens (tertiary/aromatic N) is 1. The first-order chi connectivity index (χ1) is 10.6. The van der Waals surface area contributed by atoms with E-state index in [9.17, 15) is 14.7 Å². The Morgan fingerprint density at radius 1 is 1.23 bits per heavy atom. The van der Waals surface area contributed by atoms with Gasteiger partial charge >= 0.3 is 0 Å². The number of carbonyl (C=O) groups is 2. The molecule has 2 rings (SSSR count). The van der Waals surface area contributed by atoms with Crippen molar-refractivity contribution < 1.29 is 14.7 Å². The highest BCUT2D eigenvalue weighted by Gasteiger charge is 2.12. The summed E-state index contributed by atoms with van der Waals surface area (Å²) >= 11 is 5.76. The molecule has 2 aromatic rings. The molecule has 0 spiro atoms. The minimum atomic E-state index is -0.644. The van der Waals surface area contributed by atoms with Gasteiger partial charge in [-0.05, 0) is 36.2 Å². The Balaban J connectivity index is 1.83. The molecule has 2 amide bonds. The molecule has 0 unspecified atom stereocenters. The number of carbonyl (C=O) groups excluding carboxylic acids is 2. The third-order valence-corrected chi connectivity index (χ3v) is 3.12. The number of amides is 2. The smallest absolute Gasteiger partial charge is 0.273 e. The maximum Gasteiger partial charge on any atom is 0.273 e. The fourth-order valence-electron chi connectivity index (χ4n) is 1.75. The van der Waals surface area contributed by atoms with Gasteiger partial charge in [0, 0.05) is 23.8 Å². The number of halogens is 1. The van der Waals surface area contributed by atoms with E-state index in [2.05, 4.69) is 15.8 Å². The Morgan fingerprint density at radius 3 is 2.77 bits per heavy atom. The van der Waals surface area contributed by atoms with E-state index in [1.165, 1.54) is 18.2 Å². The molecule has 114 valence electrons.